The number of halogens is 2. The summed E-state index contributed by atoms with van der Waals surface area (Å²) >= 11 is 7.86. The standard InChI is InChI=1S/C18H14Br2N2O3S/c19-11-4-6-13(7-5-11)21-16(23)10-26-15-9-17(24)22(18(15)25)14-3-1-2-12(20)8-14/h1-8,15H,9-10H2,(H,21,23). The number of imide groups is 1. The Morgan fingerprint density at radius 1 is 1.12 bits per heavy atom. The number of rotatable bonds is 5. The van der Waals surface area contributed by atoms with Gasteiger partial charge >= 0.3 is 0 Å². The van der Waals surface area contributed by atoms with Crippen LogP contribution in [0.5, 0.6) is 0 Å². The predicted molar refractivity (Wildman–Crippen MR) is 110 cm³/mol. The summed E-state index contributed by atoms with van der Waals surface area (Å²) in [5.74, 6) is -0.640. The van der Waals surface area contributed by atoms with Crippen LogP contribution in [0.25, 0.3) is 0 Å². The number of benzene rings is 2. The average molecular weight is 498 g/mol. The molecule has 2 aromatic carbocycles. The number of amides is 3. The van der Waals surface area contributed by atoms with Crippen LogP contribution < -0.4 is 10.2 Å². The minimum Gasteiger partial charge on any atom is -0.325 e. The molecule has 134 valence electrons. The zero-order chi connectivity index (χ0) is 18.7. The predicted octanol–water partition coefficient (Wildman–Crippen LogP) is 4.22. The number of hydrogen-bond donors (Lipinski definition) is 1. The number of nitrogens with zero attached hydrogens (tertiary/aromatic N) is 1. The van der Waals surface area contributed by atoms with E-state index in [0.717, 1.165) is 8.95 Å². The lowest BCUT2D eigenvalue weighted by Gasteiger charge is -2.15. The monoisotopic (exact) mass is 496 g/mol. The van der Waals surface area contributed by atoms with Crippen molar-refractivity contribution in [1.29, 1.82) is 0 Å². The molecule has 0 bridgehead atoms. The summed E-state index contributed by atoms with van der Waals surface area (Å²) in [5, 5.41) is 2.23. The molecule has 3 rings (SSSR count). The summed E-state index contributed by atoms with van der Waals surface area (Å²) in [7, 11) is 0. The van der Waals surface area contributed by atoms with Crippen molar-refractivity contribution in [3.05, 3.63) is 57.5 Å². The first-order valence-corrected chi connectivity index (χ1v) is 10.4. The van der Waals surface area contributed by atoms with Gasteiger partial charge in [-0.2, -0.15) is 0 Å². The first-order chi connectivity index (χ1) is 12.4. The molecule has 1 aliphatic rings. The van der Waals surface area contributed by atoms with Gasteiger partial charge in [0.15, 0.2) is 0 Å². The summed E-state index contributed by atoms with van der Waals surface area (Å²) in [6, 6.07) is 14.3. The van der Waals surface area contributed by atoms with E-state index >= 15 is 0 Å². The van der Waals surface area contributed by atoms with Crippen molar-refractivity contribution >= 4 is 72.7 Å². The van der Waals surface area contributed by atoms with Gasteiger partial charge in [-0.1, -0.05) is 37.9 Å². The van der Waals surface area contributed by atoms with Gasteiger partial charge in [-0.15, -0.1) is 11.8 Å². The Morgan fingerprint density at radius 3 is 2.54 bits per heavy atom. The molecular formula is C18H14Br2N2O3S. The molecule has 5 nitrogen and oxygen atoms in total. The third kappa shape index (κ3) is 4.55. The first-order valence-electron chi connectivity index (χ1n) is 7.73. The number of hydrogen-bond acceptors (Lipinski definition) is 4. The van der Waals surface area contributed by atoms with Crippen molar-refractivity contribution in [2.24, 2.45) is 0 Å². The highest BCUT2D eigenvalue weighted by Gasteiger charge is 2.40. The van der Waals surface area contributed by atoms with E-state index in [1.165, 1.54) is 16.7 Å². The van der Waals surface area contributed by atoms with Crippen LogP contribution in [0.3, 0.4) is 0 Å². The Kier molecular flexibility index (Phi) is 6.16. The minimum atomic E-state index is -0.544. The molecule has 0 spiro atoms. The Morgan fingerprint density at radius 2 is 1.85 bits per heavy atom. The summed E-state index contributed by atoms with van der Waals surface area (Å²) in [6.07, 6.45) is 0.0988. The molecule has 0 aliphatic carbocycles. The Hall–Kier alpha value is -1.64. The van der Waals surface area contributed by atoms with Crippen molar-refractivity contribution in [2.45, 2.75) is 11.7 Å². The molecule has 0 aromatic heterocycles. The van der Waals surface area contributed by atoms with E-state index in [0.29, 0.717) is 11.4 Å². The number of carbonyl (C=O) groups excluding carboxylic acids is 3. The number of nitrogens with one attached hydrogen (secondary N) is 1. The van der Waals surface area contributed by atoms with Crippen LogP contribution in [-0.4, -0.2) is 28.7 Å². The van der Waals surface area contributed by atoms with E-state index in [-0.39, 0.29) is 29.9 Å². The van der Waals surface area contributed by atoms with Crippen LogP contribution in [0.15, 0.2) is 57.5 Å². The van der Waals surface area contributed by atoms with Crippen LogP contribution in [0.2, 0.25) is 0 Å². The van der Waals surface area contributed by atoms with E-state index in [1.54, 1.807) is 30.3 Å². The molecule has 8 heteroatoms. The molecule has 1 unspecified atom stereocenters. The fourth-order valence-electron chi connectivity index (χ4n) is 2.53. The van der Waals surface area contributed by atoms with Crippen molar-refractivity contribution < 1.29 is 14.4 Å². The topological polar surface area (TPSA) is 66.5 Å². The van der Waals surface area contributed by atoms with Gasteiger partial charge in [0.1, 0.15) is 0 Å². The first kappa shape index (κ1) is 19.1. The molecule has 1 heterocycles. The van der Waals surface area contributed by atoms with Crippen LogP contribution >= 0.6 is 43.6 Å². The third-order valence-electron chi connectivity index (χ3n) is 3.72. The van der Waals surface area contributed by atoms with Gasteiger partial charge < -0.3 is 5.32 Å². The average Bonchev–Trinajstić information content (AvgIpc) is 2.89. The maximum absolute atomic E-state index is 12.6. The Bertz CT molecular complexity index is 858. The minimum absolute atomic E-state index is 0.0988. The Labute approximate surface area is 171 Å². The second-order valence-corrected chi connectivity index (χ2v) is 8.63. The van der Waals surface area contributed by atoms with E-state index in [1.807, 2.05) is 18.2 Å². The zero-order valence-corrected chi connectivity index (χ0v) is 17.4. The molecule has 1 aliphatic heterocycles. The summed E-state index contributed by atoms with van der Waals surface area (Å²) in [5.41, 5.74) is 1.22. The van der Waals surface area contributed by atoms with Crippen molar-refractivity contribution in [3.63, 3.8) is 0 Å². The van der Waals surface area contributed by atoms with E-state index in [4.69, 9.17) is 0 Å². The summed E-state index contributed by atoms with van der Waals surface area (Å²) in [4.78, 5) is 38.1. The fourth-order valence-corrected chi connectivity index (χ4v) is 4.11. The largest absolute Gasteiger partial charge is 0.325 e. The van der Waals surface area contributed by atoms with E-state index < -0.39 is 5.25 Å². The maximum Gasteiger partial charge on any atom is 0.247 e. The highest BCUT2D eigenvalue weighted by atomic mass is 79.9. The number of thioether (sulfide) groups is 1. The van der Waals surface area contributed by atoms with Crippen molar-refractivity contribution in [2.75, 3.05) is 16.0 Å². The third-order valence-corrected chi connectivity index (χ3v) is 5.94. The second-order valence-electron chi connectivity index (χ2n) is 5.61. The zero-order valence-electron chi connectivity index (χ0n) is 13.4. The molecule has 0 radical (unpaired) electrons. The molecule has 1 saturated heterocycles. The van der Waals surface area contributed by atoms with E-state index in [9.17, 15) is 14.4 Å². The maximum atomic E-state index is 12.6. The summed E-state index contributed by atoms with van der Waals surface area (Å²) < 4.78 is 1.72. The number of carbonyl (C=O) groups is 3. The smallest absolute Gasteiger partial charge is 0.247 e. The Balaban J connectivity index is 1.59. The highest BCUT2D eigenvalue weighted by molar-refractivity contribution is 9.10. The lowest BCUT2D eigenvalue weighted by atomic mass is 10.3. The lowest BCUT2D eigenvalue weighted by molar-refractivity contribution is -0.121. The molecule has 2 aromatic rings. The van der Waals surface area contributed by atoms with Gasteiger partial charge in [0.05, 0.1) is 16.7 Å². The quantitative estimate of drug-likeness (QED) is 0.628. The van der Waals surface area contributed by atoms with Crippen LogP contribution in [-0.2, 0) is 14.4 Å². The van der Waals surface area contributed by atoms with Crippen LogP contribution in [0.1, 0.15) is 6.42 Å². The molecular weight excluding hydrogens is 484 g/mol. The van der Waals surface area contributed by atoms with E-state index in [2.05, 4.69) is 37.2 Å². The molecule has 1 N–H and O–H groups in total. The van der Waals surface area contributed by atoms with Gasteiger partial charge in [-0.3, -0.25) is 14.4 Å². The van der Waals surface area contributed by atoms with Crippen LogP contribution in [0, 0.1) is 0 Å². The van der Waals surface area contributed by atoms with Gasteiger partial charge in [-0.25, -0.2) is 4.90 Å². The van der Waals surface area contributed by atoms with Gasteiger partial charge in [-0.05, 0) is 42.5 Å². The molecule has 0 saturated carbocycles. The SMILES string of the molecule is O=C(CSC1CC(=O)N(c2cccc(Br)c2)C1=O)Nc1ccc(Br)cc1. The van der Waals surface area contributed by atoms with Gasteiger partial charge in [0.25, 0.3) is 0 Å². The fraction of sp³-hybridized carbons (Fsp3) is 0.167. The highest BCUT2D eigenvalue weighted by Crippen LogP contribution is 2.31. The molecule has 26 heavy (non-hydrogen) atoms. The molecule has 1 fully saturated rings. The van der Waals surface area contributed by atoms with Gasteiger partial charge in [0, 0.05) is 21.1 Å². The lowest BCUT2D eigenvalue weighted by Crippen LogP contribution is -2.31. The second kappa shape index (κ2) is 8.37. The van der Waals surface area contributed by atoms with Crippen molar-refractivity contribution in [3.8, 4) is 0 Å². The normalized spacial score (nSPS) is 16.8. The van der Waals surface area contributed by atoms with Gasteiger partial charge in [0.2, 0.25) is 17.7 Å². The summed E-state index contributed by atoms with van der Waals surface area (Å²) in [6.45, 7) is 0. The number of anilines is 2. The van der Waals surface area contributed by atoms with Crippen molar-refractivity contribution in [1.82, 2.24) is 0 Å². The molecule has 1 atom stereocenters. The molecule has 3 amide bonds. The van der Waals surface area contributed by atoms with Crippen LogP contribution in [0.4, 0.5) is 11.4 Å².